The molecule has 1 rings (SSSR count). The summed E-state index contributed by atoms with van der Waals surface area (Å²) in [5, 5.41) is 11.9. The van der Waals surface area contributed by atoms with Gasteiger partial charge in [0.25, 0.3) is 0 Å². The Hall–Kier alpha value is -1.95. The molecule has 6 nitrogen and oxygen atoms in total. The van der Waals surface area contributed by atoms with E-state index in [-0.39, 0.29) is 18.8 Å². The Balaban J connectivity index is 2.98. The predicted molar refractivity (Wildman–Crippen MR) is 72.6 cm³/mol. The van der Waals surface area contributed by atoms with Crippen LogP contribution in [0.25, 0.3) is 0 Å². The summed E-state index contributed by atoms with van der Waals surface area (Å²) in [5.41, 5.74) is 0.0371. The normalized spacial score (nSPS) is 10.9. The molecule has 0 radical (unpaired) electrons. The zero-order chi connectivity index (χ0) is 14.5. The molecule has 0 aromatic heterocycles. The minimum absolute atomic E-state index is 0.0806. The molecule has 6 heteroatoms. The third-order valence-electron chi connectivity index (χ3n) is 2.18. The summed E-state index contributed by atoms with van der Waals surface area (Å²) < 4.78 is 5.25. The Kier molecular flexibility index (Phi) is 5.00. The Bertz CT molecular complexity index is 454. The van der Waals surface area contributed by atoms with E-state index in [1.54, 1.807) is 32.9 Å². The molecule has 0 heterocycles. The van der Waals surface area contributed by atoms with Crippen LogP contribution < -0.4 is 4.90 Å². The van der Waals surface area contributed by atoms with Crippen molar-refractivity contribution in [2.24, 2.45) is 5.18 Å². The van der Waals surface area contributed by atoms with Crippen molar-refractivity contribution in [3.63, 3.8) is 0 Å². The molecule has 1 N–H and O–H groups in total. The van der Waals surface area contributed by atoms with Gasteiger partial charge in [-0.2, -0.15) is 0 Å². The molecule has 1 aromatic carbocycles. The molecule has 0 aliphatic heterocycles. The summed E-state index contributed by atoms with van der Waals surface area (Å²) in [6.07, 6.45) is -0.579. The van der Waals surface area contributed by atoms with Crippen molar-refractivity contribution in [1.82, 2.24) is 0 Å². The summed E-state index contributed by atoms with van der Waals surface area (Å²) in [6, 6.07) is 6.25. The van der Waals surface area contributed by atoms with E-state index >= 15 is 0 Å². The van der Waals surface area contributed by atoms with E-state index in [0.29, 0.717) is 5.69 Å². The average molecular weight is 266 g/mol. The predicted octanol–water partition coefficient (Wildman–Crippen LogP) is 2.82. The Labute approximate surface area is 112 Å². The van der Waals surface area contributed by atoms with Crippen LogP contribution in [-0.4, -0.2) is 30.0 Å². The number of carbonyl (C=O) groups is 1. The highest BCUT2D eigenvalue weighted by atomic mass is 16.6. The highest BCUT2D eigenvalue weighted by molar-refractivity contribution is 5.88. The number of hydrogen-bond donors (Lipinski definition) is 1. The number of rotatable bonds is 4. The maximum Gasteiger partial charge on any atom is 0.414 e. The number of hydrogen-bond acceptors (Lipinski definition) is 5. The van der Waals surface area contributed by atoms with Crippen LogP contribution in [0.3, 0.4) is 0 Å². The lowest BCUT2D eigenvalue weighted by Crippen LogP contribution is -2.38. The maximum atomic E-state index is 12.0. The van der Waals surface area contributed by atoms with Crippen LogP contribution in [-0.2, 0) is 4.74 Å². The summed E-state index contributed by atoms with van der Waals surface area (Å²) in [6.45, 7) is 5.14. The molecule has 1 aromatic rings. The van der Waals surface area contributed by atoms with E-state index in [1.165, 1.54) is 17.0 Å². The van der Waals surface area contributed by atoms with Gasteiger partial charge in [-0.1, -0.05) is 6.07 Å². The highest BCUT2D eigenvalue weighted by Crippen LogP contribution is 2.23. The molecule has 0 unspecified atom stereocenters. The Morgan fingerprint density at radius 3 is 2.63 bits per heavy atom. The standard InChI is InChI=1S/C13H18N2O4/c1-13(2,3)19-12(17)15(7-8-16)11-6-4-5-10(9-11)14-18/h4-6,9,16H,7-8H2,1-3H3. The van der Waals surface area contributed by atoms with Crippen LogP contribution in [0.2, 0.25) is 0 Å². The van der Waals surface area contributed by atoms with Gasteiger partial charge in [0, 0.05) is 5.69 Å². The first-order valence-corrected chi connectivity index (χ1v) is 5.92. The first-order valence-electron chi connectivity index (χ1n) is 5.92. The molecule has 104 valence electrons. The molecule has 19 heavy (non-hydrogen) atoms. The molecule has 1 amide bonds. The second-order valence-corrected chi connectivity index (χ2v) is 4.97. The number of anilines is 1. The molecule has 0 aliphatic carbocycles. The quantitative estimate of drug-likeness (QED) is 0.850. The topological polar surface area (TPSA) is 79.2 Å². The van der Waals surface area contributed by atoms with Gasteiger partial charge >= 0.3 is 6.09 Å². The third kappa shape index (κ3) is 4.67. The lowest BCUT2D eigenvalue weighted by atomic mass is 10.2. The second-order valence-electron chi connectivity index (χ2n) is 4.97. The summed E-state index contributed by atoms with van der Waals surface area (Å²) >= 11 is 0. The van der Waals surface area contributed by atoms with E-state index < -0.39 is 11.7 Å². The van der Waals surface area contributed by atoms with Gasteiger partial charge in [-0.05, 0) is 44.1 Å². The molecular formula is C13H18N2O4. The molecule has 0 fully saturated rings. The number of ether oxygens (including phenoxy) is 1. The molecule has 0 spiro atoms. The van der Waals surface area contributed by atoms with Crippen molar-refractivity contribution in [3.8, 4) is 0 Å². The summed E-state index contributed by atoms with van der Waals surface area (Å²) in [7, 11) is 0. The molecule has 0 saturated carbocycles. The smallest absolute Gasteiger partial charge is 0.414 e. The van der Waals surface area contributed by atoms with Gasteiger partial charge in [0.2, 0.25) is 0 Å². The fourth-order valence-electron chi connectivity index (χ4n) is 1.46. The maximum absolute atomic E-state index is 12.0. The van der Waals surface area contributed by atoms with Crippen molar-refractivity contribution >= 4 is 17.5 Å². The monoisotopic (exact) mass is 266 g/mol. The second kappa shape index (κ2) is 6.29. The number of aliphatic hydroxyl groups excluding tert-OH is 1. The van der Waals surface area contributed by atoms with Crippen LogP contribution in [0.4, 0.5) is 16.2 Å². The summed E-state index contributed by atoms with van der Waals surface area (Å²) in [4.78, 5) is 23.8. The van der Waals surface area contributed by atoms with Gasteiger partial charge in [-0.15, -0.1) is 4.91 Å². The van der Waals surface area contributed by atoms with Crippen molar-refractivity contribution < 1.29 is 14.6 Å². The Morgan fingerprint density at radius 1 is 1.42 bits per heavy atom. The van der Waals surface area contributed by atoms with Gasteiger partial charge < -0.3 is 9.84 Å². The fraction of sp³-hybridized carbons (Fsp3) is 0.462. The molecule has 0 atom stereocenters. The van der Waals surface area contributed by atoms with Crippen LogP contribution in [0.1, 0.15) is 20.8 Å². The zero-order valence-corrected chi connectivity index (χ0v) is 11.3. The minimum atomic E-state index is -0.634. The van der Waals surface area contributed by atoms with Crippen LogP contribution >= 0.6 is 0 Å². The first-order chi connectivity index (χ1) is 8.87. The third-order valence-corrected chi connectivity index (χ3v) is 2.18. The van der Waals surface area contributed by atoms with Crippen LogP contribution in [0, 0.1) is 4.91 Å². The van der Waals surface area contributed by atoms with Gasteiger partial charge in [-0.3, -0.25) is 4.90 Å². The Morgan fingerprint density at radius 2 is 2.11 bits per heavy atom. The first kappa shape index (κ1) is 15.1. The summed E-state index contributed by atoms with van der Waals surface area (Å²) in [5.74, 6) is 0. The number of nitrogens with zero attached hydrogens (tertiary/aromatic N) is 2. The van der Waals surface area contributed by atoms with Crippen molar-refractivity contribution in [2.45, 2.75) is 26.4 Å². The number of carbonyl (C=O) groups excluding carboxylic acids is 1. The number of amides is 1. The number of aliphatic hydroxyl groups is 1. The van der Waals surface area contributed by atoms with Gasteiger partial charge in [0.1, 0.15) is 11.3 Å². The van der Waals surface area contributed by atoms with E-state index in [9.17, 15) is 9.70 Å². The largest absolute Gasteiger partial charge is 0.443 e. The van der Waals surface area contributed by atoms with E-state index in [4.69, 9.17) is 9.84 Å². The fourth-order valence-corrected chi connectivity index (χ4v) is 1.46. The van der Waals surface area contributed by atoms with Crippen LogP contribution in [0.15, 0.2) is 29.4 Å². The van der Waals surface area contributed by atoms with Gasteiger partial charge in [-0.25, -0.2) is 4.79 Å². The van der Waals surface area contributed by atoms with E-state index in [2.05, 4.69) is 5.18 Å². The van der Waals surface area contributed by atoms with Gasteiger partial charge in [0.05, 0.1) is 13.2 Å². The molecule has 0 aliphatic rings. The molecule has 0 saturated heterocycles. The van der Waals surface area contributed by atoms with Crippen molar-refractivity contribution in [1.29, 1.82) is 0 Å². The van der Waals surface area contributed by atoms with Crippen molar-refractivity contribution in [2.75, 3.05) is 18.1 Å². The average Bonchev–Trinajstić information content (AvgIpc) is 2.33. The number of nitroso groups, excluding NO2 is 1. The van der Waals surface area contributed by atoms with E-state index in [1.807, 2.05) is 0 Å². The van der Waals surface area contributed by atoms with E-state index in [0.717, 1.165) is 0 Å². The zero-order valence-electron chi connectivity index (χ0n) is 11.3. The SMILES string of the molecule is CC(C)(C)OC(=O)N(CCO)c1cccc(N=O)c1. The lowest BCUT2D eigenvalue weighted by molar-refractivity contribution is 0.0573. The molecule has 0 bridgehead atoms. The highest BCUT2D eigenvalue weighted by Gasteiger charge is 2.23. The number of benzene rings is 1. The minimum Gasteiger partial charge on any atom is -0.443 e. The lowest BCUT2D eigenvalue weighted by Gasteiger charge is -2.27. The van der Waals surface area contributed by atoms with Gasteiger partial charge in [0.15, 0.2) is 0 Å². The van der Waals surface area contributed by atoms with Crippen LogP contribution in [0.5, 0.6) is 0 Å². The molecular weight excluding hydrogens is 248 g/mol. The van der Waals surface area contributed by atoms with Crippen molar-refractivity contribution in [3.05, 3.63) is 29.2 Å².